The fourth-order valence-electron chi connectivity index (χ4n) is 2.27. The number of anilines is 1. The molecular formula is C17H14F2N4O2. The van der Waals surface area contributed by atoms with E-state index in [1.54, 1.807) is 12.1 Å². The summed E-state index contributed by atoms with van der Waals surface area (Å²) in [6, 6.07) is 5.36. The Morgan fingerprint density at radius 2 is 1.92 bits per heavy atom. The maximum atomic E-state index is 14.0. The molecule has 0 aliphatic rings. The molecule has 0 amide bonds. The number of benzene rings is 1. The molecule has 6 nitrogen and oxygen atoms in total. The first-order valence-electron chi connectivity index (χ1n) is 7.42. The van der Waals surface area contributed by atoms with Crippen molar-refractivity contribution in [2.24, 2.45) is 0 Å². The Hall–Kier alpha value is -3.39. The quantitative estimate of drug-likeness (QED) is 0.809. The molecule has 0 spiro atoms. The minimum Gasteiger partial charge on any atom is -0.490 e. The molecule has 0 saturated heterocycles. The van der Waals surface area contributed by atoms with Gasteiger partial charge in [0, 0.05) is 5.56 Å². The van der Waals surface area contributed by atoms with Gasteiger partial charge in [-0.05, 0) is 24.1 Å². The molecule has 8 heteroatoms. The lowest BCUT2D eigenvalue weighted by Crippen LogP contribution is -2.16. The summed E-state index contributed by atoms with van der Waals surface area (Å²) in [5.41, 5.74) is 3.95. The molecule has 0 atom stereocenters. The van der Waals surface area contributed by atoms with Crippen LogP contribution in [0.1, 0.15) is 30.9 Å². The van der Waals surface area contributed by atoms with Gasteiger partial charge in [0.1, 0.15) is 29.1 Å². The second-order valence-corrected chi connectivity index (χ2v) is 5.19. The van der Waals surface area contributed by atoms with E-state index >= 15 is 0 Å². The molecule has 128 valence electrons. The summed E-state index contributed by atoms with van der Waals surface area (Å²) < 4.78 is 33.1. The molecule has 1 aromatic carbocycles. The highest BCUT2D eigenvalue weighted by Gasteiger charge is 2.21. The fraction of sp³-hybridized carbons (Fsp3) is 0.235. The van der Waals surface area contributed by atoms with Gasteiger partial charge in [0.15, 0.2) is 11.6 Å². The zero-order valence-corrected chi connectivity index (χ0v) is 13.3. The molecule has 2 rings (SSSR count). The Morgan fingerprint density at radius 3 is 2.52 bits per heavy atom. The first-order valence-corrected chi connectivity index (χ1v) is 7.42. The Bertz CT molecular complexity index is 955. The number of halogens is 2. The number of nitrogens with zero attached hydrogens (tertiary/aromatic N) is 2. The standard InChI is InChI=1S/C17H14F2N4O2/c1-2-3-4-25-13-6-9(5-12(18)15(13)19)14-10(7-20)16(22)23-17(24)11(14)8-21/h5-6H,2-4H2,1H3,(H3,22,23,24). The third-order valence-electron chi connectivity index (χ3n) is 3.51. The largest absolute Gasteiger partial charge is 0.490 e. The van der Waals surface area contributed by atoms with Crippen LogP contribution in [0.25, 0.3) is 11.1 Å². The van der Waals surface area contributed by atoms with E-state index in [9.17, 15) is 24.1 Å². The third-order valence-corrected chi connectivity index (χ3v) is 3.51. The number of hydrogen-bond acceptors (Lipinski definition) is 5. The number of pyridine rings is 1. The highest BCUT2D eigenvalue weighted by Crippen LogP contribution is 2.33. The molecule has 1 aromatic heterocycles. The van der Waals surface area contributed by atoms with E-state index < -0.39 is 22.8 Å². The van der Waals surface area contributed by atoms with Gasteiger partial charge in [0.2, 0.25) is 5.82 Å². The monoisotopic (exact) mass is 344 g/mol. The minimum absolute atomic E-state index is 0.0451. The molecule has 0 aliphatic carbocycles. The average molecular weight is 344 g/mol. The fourth-order valence-corrected chi connectivity index (χ4v) is 2.27. The summed E-state index contributed by atoms with van der Waals surface area (Å²) in [5, 5.41) is 18.5. The highest BCUT2D eigenvalue weighted by molar-refractivity contribution is 5.80. The van der Waals surface area contributed by atoms with Gasteiger partial charge in [-0.3, -0.25) is 4.79 Å². The summed E-state index contributed by atoms with van der Waals surface area (Å²) >= 11 is 0. The van der Waals surface area contributed by atoms with Crippen LogP contribution in [0, 0.1) is 34.3 Å². The van der Waals surface area contributed by atoms with Crippen LogP contribution in [0.3, 0.4) is 0 Å². The molecule has 0 aliphatic heterocycles. The molecule has 0 saturated carbocycles. The van der Waals surface area contributed by atoms with E-state index in [2.05, 4.69) is 4.98 Å². The maximum Gasteiger partial charge on any atom is 0.268 e. The molecule has 1 heterocycles. The number of nitrogen functional groups attached to an aromatic ring is 1. The van der Waals surface area contributed by atoms with Gasteiger partial charge in [0.05, 0.1) is 6.61 Å². The molecule has 25 heavy (non-hydrogen) atoms. The lowest BCUT2D eigenvalue weighted by molar-refractivity contribution is 0.289. The topological polar surface area (TPSA) is 116 Å². The van der Waals surface area contributed by atoms with Crippen LogP contribution in [-0.2, 0) is 0 Å². The van der Waals surface area contributed by atoms with E-state index in [-0.39, 0.29) is 34.9 Å². The van der Waals surface area contributed by atoms with Crippen molar-refractivity contribution in [1.29, 1.82) is 10.5 Å². The predicted molar refractivity (Wildman–Crippen MR) is 86.7 cm³/mol. The molecule has 2 aromatic rings. The lowest BCUT2D eigenvalue weighted by Gasteiger charge is -2.12. The van der Waals surface area contributed by atoms with Crippen molar-refractivity contribution >= 4 is 5.82 Å². The number of aromatic amines is 1. The van der Waals surface area contributed by atoms with Crippen LogP contribution in [0.5, 0.6) is 5.75 Å². The third kappa shape index (κ3) is 3.43. The Kier molecular flexibility index (Phi) is 5.35. The van der Waals surface area contributed by atoms with Gasteiger partial charge in [-0.25, -0.2) is 4.39 Å². The predicted octanol–water partition coefficient (Wildman–Crippen LogP) is 2.82. The second-order valence-electron chi connectivity index (χ2n) is 5.19. The van der Waals surface area contributed by atoms with E-state index in [4.69, 9.17) is 10.5 Å². The van der Waals surface area contributed by atoms with E-state index in [0.29, 0.717) is 6.42 Å². The van der Waals surface area contributed by atoms with Crippen LogP contribution in [0.4, 0.5) is 14.6 Å². The smallest absolute Gasteiger partial charge is 0.268 e. The number of nitrogens with two attached hydrogens (primary N) is 1. The number of hydrogen-bond donors (Lipinski definition) is 2. The Balaban J connectivity index is 2.73. The van der Waals surface area contributed by atoms with Gasteiger partial charge >= 0.3 is 0 Å². The molecule has 0 radical (unpaired) electrons. The van der Waals surface area contributed by atoms with Crippen molar-refractivity contribution in [3.8, 4) is 29.0 Å². The number of rotatable bonds is 5. The summed E-state index contributed by atoms with van der Waals surface area (Å²) in [7, 11) is 0. The number of H-pyrrole nitrogens is 1. The molecule has 3 N–H and O–H groups in total. The molecule has 0 unspecified atom stereocenters. The number of ether oxygens (including phenoxy) is 1. The number of nitriles is 2. The second kappa shape index (κ2) is 7.45. The van der Waals surface area contributed by atoms with E-state index in [0.717, 1.165) is 18.6 Å². The zero-order valence-electron chi connectivity index (χ0n) is 13.3. The van der Waals surface area contributed by atoms with Crippen LogP contribution >= 0.6 is 0 Å². The van der Waals surface area contributed by atoms with E-state index in [1.165, 1.54) is 0 Å². The first-order chi connectivity index (χ1) is 11.9. The lowest BCUT2D eigenvalue weighted by atomic mass is 9.96. The van der Waals surface area contributed by atoms with Gasteiger partial charge in [0.25, 0.3) is 5.56 Å². The Labute approximate surface area is 142 Å². The van der Waals surface area contributed by atoms with Gasteiger partial charge in [-0.1, -0.05) is 13.3 Å². The normalized spacial score (nSPS) is 10.1. The van der Waals surface area contributed by atoms with Crippen LogP contribution in [-0.4, -0.2) is 11.6 Å². The SMILES string of the molecule is CCCCOc1cc(-c2c(C#N)c(N)[nH]c(=O)c2C#N)cc(F)c1F. The van der Waals surface area contributed by atoms with Gasteiger partial charge in [-0.15, -0.1) is 0 Å². The van der Waals surface area contributed by atoms with Crippen molar-refractivity contribution in [3.05, 3.63) is 45.2 Å². The van der Waals surface area contributed by atoms with Crippen LogP contribution in [0.15, 0.2) is 16.9 Å². The van der Waals surface area contributed by atoms with Gasteiger partial charge in [-0.2, -0.15) is 14.9 Å². The van der Waals surface area contributed by atoms with Crippen molar-refractivity contribution in [1.82, 2.24) is 4.98 Å². The zero-order chi connectivity index (χ0) is 18.6. The summed E-state index contributed by atoms with van der Waals surface area (Å²) in [6.45, 7) is 2.08. The van der Waals surface area contributed by atoms with E-state index in [1.807, 2.05) is 6.92 Å². The summed E-state index contributed by atoms with van der Waals surface area (Å²) in [5.74, 6) is -3.04. The molecule has 0 bridgehead atoms. The summed E-state index contributed by atoms with van der Waals surface area (Å²) in [6.07, 6.45) is 1.43. The summed E-state index contributed by atoms with van der Waals surface area (Å²) in [4.78, 5) is 14.1. The Morgan fingerprint density at radius 1 is 1.24 bits per heavy atom. The molecule has 0 fully saturated rings. The first kappa shape index (κ1) is 18.0. The number of unbranched alkanes of at least 4 members (excludes halogenated alkanes) is 1. The highest BCUT2D eigenvalue weighted by atomic mass is 19.2. The van der Waals surface area contributed by atoms with Crippen molar-refractivity contribution < 1.29 is 13.5 Å². The minimum atomic E-state index is -1.23. The van der Waals surface area contributed by atoms with Crippen LogP contribution < -0.4 is 16.0 Å². The number of aromatic nitrogens is 1. The van der Waals surface area contributed by atoms with Crippen molar-refractivity contribution in [2.75, 3.05) is 12.3 Å². The average Bonchev–Trinajstić information content (AvgIpc) is 2.58. The van der Waals surface area contributed by atoms with Crippen molar-refractivity contribution in [3.63, 3.8) is 0 Å². The maximum absolute atomic E-state index is 14.0. The van der Waals surface area contributed by atoms with Crippen molar-refractivity contribution in [2.45, 2.75) is 19.8 Å². The number of nitrogens with one attached hydrogen (secondary N) is 1. The van der Waals surface area contributed by atoms with Gasteiger partial charge < -0.3 is 15.5 Å². The van der Waals surface area contributed by atoms with Crippen LogP contribution in [0.2, 0.25) is 0 Å². The molecular weight excluding hydrogens is 330 g/mol.